The van der Waals surface area contributed by atoms with Crippen LogP contribution in [-0.4, -0.2) is 7.05 Å². The summed E-state index contributed by atoms with van der Waals surface area (Å²) in [5.41, 5.74) is 10.9. The van der Waals surface area contributed by atoms with Crippen molar-refractivity contribution in [3.8, 4) is 0 Å². The smallest absolute Gasteiger partial charge is 0.0410 e. The second-order valence-electron chi connectivity index (χ2n) is 5.00. The van der Waals surface area contributed by atoms with Crippen LogP contribution in [0, 0.1) is 6.92 Å². The summed E-state index contributed by atoms with van der Waals surface area (Å²) in [6, 6.07) is 17.2. The average Bonchev–Trinajstić information content (AvgIpc) is 2.46. The van der Waals surface area contributed by atoms with Gasteiger partial charge in [0.2, 0.25) is 0 Å². The molecule has 0 radical (unpaired) electrons. The topological polar surface area (TPSA) is 29.3 Å². The third kappa shape index (κ3) is 3.15. The Hall–Kier alpha value is -1.80. The minimum Gasteiger partial charge on any atom is -0.345 e. The van der Waals surface area contributed by atoms with Crippen LogP contribution < -0.4 is 10.6 Å². The molecule has 2 N–H and O–H groups in total. The molecule has 2 nitrogen and oxygen atoms in total. The fraction of sp³-hybridized carbons (Fsp3) is 0.294. The Morgan fingerprint density at radius 3 is 2.32 bits per heavy atom. The van der Waals surface area contributed by atoms with E-state index in [1.54, 1.807) is 0 Å². The summed E-state index contributed by atoms with van der Waals surface area (Å²) in [6.45, 7) is 4.22. The van der Waals surface area contributed by atoms with E-state index in [1.807, 2.05) is 0 Å². The van der Waals surface area contributed by atoms with Crippen molar-refractivity contribution in [3.05, 3.63) is 59.7 Å². The molecular formula is C17H22N2. The van der Waals surface area contributed by atoms with E-state index in [-0.39, 0.29) is 6.04 Å². The van der Waals surface area contributed by atoms with Crippen molar-refractivity contribution in [2.24, 2.45) is 5.73 Å². The first-order valence-electron chi connectivity index (χ1n) is 6.77. The van der Waals surface area contributed by atoms with Crippen LogP contribution in [0.25, 0.3) is 0 Å². The zero-order valence-electron chi connectivity index (χ0n) is 11.9. The van der Waals surface area contributed by atoms with E-state index < -0.39 is 0 Å². The molecular weight excluding hydrogens is 232 g/mol. The Labute approximate surface area is 115 Å². The van der Waals surface area contributed by atoms with Gasteiger partial charge < -0.3 is 10.6 Å². The standard InChI is InChI=1S/C17H22N2/c1-4-17(18)14-8-10-15(11-9-14)19(3)16-7-5-6-13(2)12-16/h5-12,17H,4,18H2,1-3H3. The number of aryl methyl sites for hydroxylation is 1. The van der Waals surface area contributed by atoms with Crippen molar-refractivity contribution in [2.75, 3.05) is 11.9 Å². The van der Waals surface area contributed by atoms with Crippen LogP contribution in [0.2, 0.25) is 0 Å². The molecule has 2 aromatic carbocycles. The second-order valence-corrected chi connectivity index (χ2v) is 5.00. The molecule has 0 amide bonds. The maximum atomic E-state index is 6.04. The highest BCUT2D eigenvalue weighted by atomic mass is 15.1. The Bertz CT molecular complexity index is 531. The molecule has 100 valence electrons. The number of rotatable bonds is 4. The van der Waals surface area contributed by atoms with Gasteiger partial charge in [0, 0.05) is 24.5 Å². The van der Waals surface area contributed by atoms with E-state index in [4.69, 9.17) is 5.73 Å². The van der Waals surface area contributed by atoms with E-state index in [1.165, 1.54) is 22.5 Å². The minimum absolute atomic E-state index is 0.137. The van der Waals surface area contributed by atoms with Gasteiger partial charge in [0.15, 0.2) is 0 Å². The third-order valence-electron chi connectivity index (χ3n) is 3.54. The molecule has 0 fully saturated rings. The number of hydrogen-bond acceptors (Lipinski definition) is 2. The normalized spacial score (nSPS) is 12.2. The third-order valence-corrected chi connectivity index (χ3v) is 3.54. The lowest BCUT2D eigenvalue weighted by molar-refractivity contribution is 0.699. The lowest BCUT2D eigenvalue weighted by atomic mass is 10.0. The van der Waals surface area contributed by atoms with Crippen molar-refractivity contribution < 1.29 is 0 Å². The van der Waals surface area contributed by atoms with Crippen LogP contribution in [0.3, 0.4) is 0 Å². The number of nitrogens with zero attached hydrogens (tertiary/aromatic N) is 1. The Morgan fingerprint density at radius 2 is 1.74 bits per heavy atom. The fourth-order valence-corrected chi connectivity index (χ4v) is 2.17. The summed E-state index contributed by atoms with van der Waals surface area (Å²) in [6.07, 6.45) is 0.965. The largest absolute Gasteiger partial charge is 0.345 e. The Balaban J connectivity index is 2.22. The summed E-state index contributed by atoms with van der Waals surface area (Å²) in [4.78, 5) is 2.19. The molecule has 0 heterocycles. The predicted octanol–water partition coefficient (Wildman–Crippen LogP) is 4.17. The van der Waals surface area contributed by atoms with Crippen LogP contribution in [0.4, 0.5) is 11.4 Å². The van der Waals surface area contributed by atoms with Gasteiger partial charge in [0.25, 0.3) is 0 Å². The summed E-state index contributed by atoms with van der Waals surface area (Å²) >= 11 is 0. The second kappa shape index (κ2) is 5.89. The van der Waals surface area contributed by atoms with E-state index in [9.17, 15) is 0 Å². The number of benzene rings is 2. The Kier molecular flexibility index (Phi) is 4.23. The van der Waals surface area contributed by atoms with Crippen LogP contribution in [-0.2, 0) is 0 Å². The van der Waals surface area contributed by atoms with Crippen LogP contribution >= 0.6 is 0 Å². The molecule has 0 saturated heterocycles. The molecule has 0 aromatic heterocycles. The first kappa shape index (κ1) is 13.6. The summed E-state index contributed by atoms with van der Waals surface area (Å²) < 4.78 is 0. The number of nitrogens with two attached hydrogens (primary N) is 1. The lowest BCUT2D eigenvalue weighted by Crippen LogP contribution is -2.11. The first-order valence-corrected chi connectivity index (χ1v) is 6.77. The molecule has 0 saturated carbocycles. The van der Waals surface area contributed by atoms with Gasteiger partial charge in [-0.3, -0.25) is 0 Å². The number of hydrogen-bond donors (Lipinski definition) is 1. The van der Waals surface area contributed by atoms with E-state index in [2.05, 4.69) is 74.3 Å². The van der Waals surface area contributed by atoms with Crippen molar-refractivity contribution >= 4 is 11.4 Å². The van der Waals surface area contributed by atoms with Gasteiger partial charge in [-0.1, -0.05) is 31.2 Å². The molecule has 0 bridgehead atoms. The quantitative estimate of drug-likeness (QED) is 0.887. The zero-order valence-corrected chi connectivity index (χ0v) is 11.9. The maximum Gasteiger partial charge on any atom is 0.0410 e. The molecule has 0 aliphatic carbocycles. The molecule has 2 heteroatoms. The van der Waals surface area contributed by atoms with Crippen molar-refractivity contribution in [3.63, 3.8) is 0 Å². The molecule has 0 aliphatic heterocycles. The molecule has 19 heavy (non-hydrogen) atoms. The predicted molar refractivity (Wildman–Crippen MR) is 82.9 cm³/mol. The summed E-state index contributed by atoms with van der Waals surface area (Å²) in [5.74, 6) is 0. The van der Waals surface area contributed by atoms with Crippen LogP contribution in [0.15, 0.2) is 48.5 Å². The maximum absolute atomic E-state index is 6.04. The molecule has 0 spiro atoms. The van der Waals surface area contributed by atoms with Crippen molar-refractivity contribution in [1.29, 1.82) is 0 Å². The zero-order chi connectivity index (χ0) is 13.8. The highest BCUT2D eigenvalue weighted by molar-refractivity contribution is 5.63. The minimum atomic E-state index is 0.137. The first-order chi connectivity index (χ1) is 9.11. The molecule has 1 atom stereocenters. The fourth-order valence-electron chi connectivity index (χ4n) is 2.17. The lowest BCUT2D eigenvalue weighted by Gasteiger charge is -2.21. The molecule has 1 unspecified atom stereocenters. The van der Waals surface area contributed by atoms with Gasteiger partial charge in [0.05, 0.1) is 0 Å². The number of anilines is 2. The van der Waals surface area contributed by atoms with Gasteiger partial charge in [-0.05, 0) is 48.7 Å². The van der Waals surface area contributed by atoms with Gasteiger partial charge in [-0.25, -0.2) is 0 Å². The van der Waals surface area contributed by atoms with Crippen molar-refractivity contribution in [1.82, 2.24) is 0 Å². The molecule has 0 aliphatic rings. The van der Waals surface area contributed by atoms with Gasteiger partial charge in [0.1, 0.15) is 0 Å². The van der Waals surface area contributed by atoms with Crippen LogP contribution in [0.1, 0.15) is 30.5 Å². The SMILES string of the molecule is CCC(N)c1ccc(N(C)c2cccc(C)c2)cc1. The van der Waals surface area contributed by atoms with E-state index in [0.717, 1.165) is 6.42 Å². The van der Waals surface area contributed by atoms with E-state index >= 15 is 0 Å². The average molecular weight is 254 g/mol. The Morgan fingerprint density at radius 1 is 1.05 bits per heavy atom. The summed E-state index contributed by atoms with van der Waals surface area (Å²) in [5, 5.41) is 0. The highest BCUT2D eigenvalue weighted by Crippen LogP contribution is 2.25. The summed E-state index contributed by atoms with van der Waals surface area (Å²) in [7, 11) is 2.09. The van der Waals surface area contributed by atoms with Gasteiger partial charge in [-0.2, -0.15) is 0 Å². The monoisotopic (exact) mass is 254 g/mol. The highest BCUT2D eigenvalue weighted by Gasteiger charge is 2.06. The molecule has 2 aromatic rings. The van der Waals surface area contributed by atoms with Gasteiger partial charge in [-0.15, -0.1) is 0 Å². The van der Waals surface area contributed by atoms with E-state index in [0.29, 0.717) is 0 Å². The van der Waals surface area contributed by atoms with Crippen molar-refractivity contribution in [2.45, 2.75) is 26.3 Å². The molecule has 2 rings (SSSR count). The van der Waals surface area contributed by atoms with Crippen LogP contribution in [0.5, 0.6) is 0 Å². The van der Waals surface area contributed by atoms with Gasteiger partial charge >= 0.3 is 0 Å².